The topological polar surface area (TPSA) is 67.5 Å². The maximum Gasteiger partial charge on any atom is 0.251 e. The number of aromatic nitrogens is 2. The van der Waals surface area contributed by atoms with Crippen LogP contribution in [0.3, 0.4) is 0 Å². The molecule has 2 fully saturated rings. The zero-order valence-corrected chi connectivity index (χ0v) is 14.8. The SMILES string of the molecule is Cc1cc(=O)[nH]c([C@@H](C)N2CCC(OC[C@@H]3CCCCO3)CC2)n1. The molecule has 1 aromatic heterocycles. The van der Waals surface area contributed by atoms with E-state index in [1.165, 1.54) is 18.9 Å². The van der Waals surface area contributed by atoms with Crippen molar-refractivity contribution in [2.24, 2.45) is 0 Å². The predicted octanol–water partition coefficient (Wildman–Crippen LogP) is 2.19. The second kappa shape index (κ2) is 8.23. The fourth-order valence-electron chi connectivity index (χ4n) is 3.59. The molecule has 3 heterocycles. The van der Waals surface area contributed by atoms with Gasteiger partial charge in [-0.05, 0) is 46.0 Å². The van der Waals surface area contributed by atoms with Crippen molar-refractivity contribution in [2.75, 3.05) is 26.3 Å². The van der Waals surface area contributed by atoms with Crippen molar-refractivity contribution in [2.45, 2.75) is 64.2 Å². The molecule has 24 heavy (non-hydrogen) atoms. The Balaban J connectivity index is 1.46. The summed E-state index contributed by atoms with van der Waals surface area (Å²) in [6, 6.07) is 1.66. The van der Waals surface area contributed by atoms with E-state index >= 15 is 0 Å². The van der Waals surface area contributed by atoms with Gasteiger partial charge in [-0.15, -0.1) is 0 Å². The second-order valence-corrected chi connectivity index (χ2v) is 7.01. The van der Waals surface area contributed by atoms with Gasteiger partial charge in [0.1, 0.15) is 5.82 Å². The Morgan fingerprint density at radius 3 is 2.83 bits per heavy atom. The van der Waals surface area contributed by atoms with Crippen LogP contribution < -0.4 is 5.56 Å². The van der Waals surface area contributed by atoms with Crippen molar-refractivity contribution in [3.8, 4) is 0 Å². The smallest absolute Gasteiger partial charge is 0.251 e. The number of nitrogens with zero attached hydrogens (tertiary/aromatic N) is 2. The molecule has 0 aliphatic carbocycles. The van der Waals surface area contributed by atoms with E-state index in [9.17, 15) is 4.79 Å². The van der Waals surface area contributed by atoms with Crippen molar-refractivity contribution in [1.82, 2.24) is 14.9 Å². The van der Waals surface area contributed by atoms with Crippen LogP contribution in [0.2, 0.25) is 0 Å². The number of nitrogens with one attached hydrogen (secondary N) is 1. The van der Waals surface area contributed by atoms with Crippen molar-refractivity contribution >= 4 is 0 Å². The second-order valence-electron chi connectivity index (χ2n) is 7.01. The Morgan fingerprint density at radius 2 is 2.17 bits per heavy atom. The van der Waals surface area contributed by atoms with Crippen LogP contribution in [-0.2, 0) is 9.47 Å². The number of aromatic amines is 1. The minimum absolute atomic E-state index is 0.0740. The van der Waals surface area contributed by atoms with Gasteiger partial charge in [0.2, 0.25) is 0 Å². The van der Waals surface area contributed by atoms with Crippen LogP contribution in [-0.4, -0.2) is 53.4 Å². The van der Waals surface area contributed by atoms with Gasteiger partial charge in [0, 0.05) is 31.5 Å². The molecule has 0 saturated carbocycles. The Kier molecular flexibility index (Phi) is 6.03. The summed E-state index contributed by atoms with van der Waals surface area (Å²) in [6.45, 7) is 7.51. The number of aryl methyl sites for hydroxylation is 1. The maximum atomic E-state index is 11.6. The summed E-state index contributed by atoms with van der Waals surface area (Å²) in [6.07, 6.45) is 6.22. The Morgan fingerprint density at radius 1 is 1.38 bits per heavy atom. The molecule has 6 nitrogen and oxygen atoms in total. The normalized spacial score (nSPS) is 24.8. The van der Waals surface area contributed by atoms with Crippen LogP contribution in [0.25, 0.3) is 0 Å². The van der Waals surface area contributed by atoms with Crippen molar-refractivity contribution in [3.05, 3.63) is 27.9 Å². The number of ether oxygens (including phenoxy) is 2. The van der Waals surface area contributed by atoms with Gasteiger partial charge in [-0.2, -0.15) is 0 Å². The molecule has 134 valence electrons. The highest BCUT2D eigenvalue weighted by Crippen LogP contribution is 2.23. The third-order valence-corrected chi connectivity index (χ3v) is 5.10. The number of hydrogen-bond donors (Lipinski definition) is 1. The quantitative estimate of drug-likeness (QED) is 0.893. The molecule has 0 amide bonds. The van der Waals surface area contributed by atoms with E-state index in [0.29, 0.717) is 6.10 Å². The van der Waals surface area contributed by atoms with E-state index in [1.54, 1.807) is 0 Å². The molecule has 2 aliphatic rings. The molecule has 0 unspecified atom stereocenters. The van der Waals surface area contributed by atoms with Crippen LogP contribution in [0.1, 0.15) is 56.6 Å². The van der Waals surface area contributed by atoms with Crippen molar-refractivity contribution in [3.63, 3.8) is 0 Å². The predicted molar refractivity (Wildman–Crippen MR) is 92.1 cm³/mol. The van der Waals surface area contributed by atoms with Gasteiger partial charge in [-0.25, -0.2) is 4.98 Å². The fourth-order valence-corrected chi connectivity index (χ4v) is 3.59. The molecule has 3 rings (SSSR count). The summed E-state index contributed by atoms with van der Waals surface area (Å²) >= 11 is 0. The van der Waals surface area contributed by atoms with Gasteiger partial charge >= 0.3 is 0 Å². The molecule has 0 radical (unpaired) electrons. The van der Waals surface area contributed by atoms with Crippen LogP contribution in [0.4, 0.5) is 0 Å². The van der Waals surface area contributed by atoms with Gasteiger partial charge in [0.15, 0.2) is 0 Å². The minimum Gasteiger partial charge on any atom is -0.376 e. The average molecular weight is 335 g/mol. The van der Waals surface area contributed by atoms with Crippen molar-refractivity contribution < 1.29 is 9.47 Å². The summed E-state index contributed by atoms with van der Waals surface area (Å²) in [7, 11) is 0. The largest absolute Gasteiger partial charge is 0.376 e. The molecule has 0 spiro atoms. The minimum atomic E-state index is -0.0740. The zero-order chi connectivity index (χ0) is 16.9. The van der Waals surface area contributed by atoms with Crippen LogP contribution >= 0.6 is 0 Å². The number of hydrogen-bond acceptors (Lipinski definition) is 5. The lowest BCUT2D eigenvalue weighted by molar-refractivity contribution is -0.0770. The zero-order valence-electron chi connectivity index (χ0n) is 14.8. The van der Waals surface area contributed by atoms with Gasteiger partial charge in [0.25, 0.3) is 5.56 Å². The molecule has 2 atom stereocenters. The first kappa shape index (κ1) is 17.6. The molecule has 2 aliphatic heterocycles. The van der Waals surface area contributed by atoms with E-state index in [-0.39, 0.29) is 17.7 Å². The maximum absolute atomic E-state index is 11.6. The summed E-state index contributed by atoms with van der Waals surface area (Å²) in [4.78, 5) is 21.4. The summed E-state index contributed by atoms with van der Waals surface area (Å²) < 4.78 is 11.8. The molecule has 0 aromatic carbocycles. The highest BCUT2D eigenvalue weighted by molar-refractivity contribution is 5.03. The molecule has 0 bridgehead atoms. The van der Waals surface area contributed by atoms with E-state index in [4.69, 9.17) is 9.47 Å². The van der Waals surface area contributed by atoms with Crippen LogP contribution in [0.5, 0.6) is 0 Å². The lowest BCUT2D eigenvalue weighted by atomic mass is 10.1. The van der Waals surface area contributed by atoms with Crippen molar-refractivity contribution in [1.29, 1.82) is 0 Å². The van der Waals surface area contributed by atoms with E-state index in [2.05, 4.69) is 21.8 Å². The molecular formula is C18H29N3O3. The van der Waals surface area contributed by atoms with E-state index < -0.39 is 0 Å². The standard InChI is InChI=1S/C18H29N3O3/c1-13-11-17(22)20-18(19-13)14(2)21-8-6-15(7-9-21)24-12-16-5-3-4-10-23-16/h11,14-16H,3-10,12H2,1-2H3,(H,19,20,22)/t14-,16+/m1/s1. The molecule has 6 heteroatoms. The van der Waals surface area contributed by atoms with Crippen LogP contribution in [0.15, 0.2) is 10.9 Å². The molecule has 2 saturated heterocycles. The van der Waals surface area contributed by atoms with E-state index in [1.807, 2.05) is 6.92 Å². The summed E-state index contributed by atoms with van der Waals surface area (Å²) in [5.74, 6) is 0.759. The molecular weight excluding hydrogens is 306 g/mol. The lowest BCUT2D eigenvalue weighted by Crippen LogP contribution is -2.40. The Labute approximate surface area is 143 Å². The van der Waals surface area contributed by atoms with E-state index in [0.717, 1.165) is 57.1 Å². The number of H-pyrrole nitrogens is 1. The highest BCUT2D eigenvalue weighted by Gasteiger charge is 2.26. The van der Waals surface area contributed by atoms with Gasteiger partial charge in [-0.1, -0.05) is 0 Å². The van der Waals surface area contributed by atoms with Crippen LogP contribution in [0, 0.1) is 6.92 Å². The first-order chi connectivity index (χ1) is 11.6. The summed E-state index contributed by atoms with van der Waals surface area (Å²) in [5, 5.41) is 0. The first-order valence-corrected chi connectivity index (χ1v) is 9.17. The monoisotopic (exact) mass is 335 g/mol. The molecule has 1 aromatic rings. The number of likely N-dealkylation sites (tertiary alicyclic amines) is 1. The van der Waals surface area contributed by atoms with Gasteiger partial charge in [0.05, 0.1) is 24.9 Å². The molecule has 1 N–H and O–H groups in total. The number of piperidine rings is 1. The Hall–Kier alpha value is -1.24. The lowest BCUT2D eigenvalue weighted by Gasteiger charge is -2.36. The summed E-state index contributed by atoms with van der Waals surface area (Å²) in [5.41, 5.74) is 0.696. The highest BCUT2D eigenvalue weighted by atomic mass is 16.5. The Bertz CT molecular complexity index is 575. The van der Waals surface area contributed by atoms with Gasteiger partial charge < -0.3 is 14.5 Å². The van der Waals surface area contributed by atoms with Gasteiger partial charge in [-0.3, -0.25) is 9.69 Å². The third-order valence-electron chi connectivity index (χ3n) is 5.10. The third kappa shape index (κ3) is 4.65. The fraction of sp³-hybridized carbons (Fsp3) is 0.778. The first-order valence-electron chi connectivity index (χ1n) is 9.17. The average Bonchev–Trinajstić information content (AvgIpc) is 2.60. The number of rotatable bonds is 5.